The fourth-order valence-corrected chi connectivity index (χ4v) is 3.61. The van der Waals surface area contributed by atoms with Gasteiger partial charge in [-0.25, -0.2) is 14.1 Å². The molecule has 0 spiro atoms. The molecular weight excluding hydrogens is 414 g/mol. The summed E-state index contributed by atoms with van der Waals surface area (Å²) in [6.07, 6.45) is -3.07. The third-order valence-corrected chi connectivity index (χ3v) is 5.08. The maximum absolute atomic E-state index is 14.4. The molecule has 0 aliphatic heterocycles. The Morgan fingerprint density at radius 1 is 1.06 bits per heavy atom. The van der Waals surface area contributed by atoms with Crippen molar-refractivity contribution in [3.05, 3.63) is 76.5 Å². The van der Waals surface area contributed by atoms with Crippen LogP contribution in [0.1, 0.15) is 5.56 Å². The smallest absolute Gasteiger partial charge is 0.289 e. The Balaban J connectivity index is 1.90. The number of hydrogen-bond acceptors (Lipinski definition) is 3. The molecule has 0 bridgehead atoms. The van der Waals surface area contributed by atoms with E-state index in [0.29, 0.717) is 16.6 Å². The van der Waals surface area contributed by atoms with Crippen LogP contribution in [0.5, 0.6) is 0 Å². The van der Waals surface area contributed by atoms with Crippen molar-refractivity contribution in [2.24, 2.45) is 7.05 Å². The molecule has 5 aromatic rings. The van der Waals surface area contributed by atoms with Crippen molar-refractivity contribution in [3.8, 4) is 16.9 Å². The van der Waals surface area contributed by atoms with Gasteiger partial charge in [-0.2, -0.15) is 18.3 Å². The lowest BCUT2D eigenvalue weighted by Crippen LogP contribution is -2.16. The number of para-hydroxylation sites is 1. The SMILES string of the molecule is Cn1ncc2c3[nH]n(-c4ccccc4F)c(=O)c3c(-c3cccc(C(F)(F)F)c3)nc21. The summed E-state index contributed by atoms with van der Waals surface area (Å²) in [5.41, 5.74) is -0.689. The molecule has 0 saturated heterocycles. The van der Waals surface area contributed by atoms with Crippen LogP contribution in [0, 0.1) is 5.82 Å². The van der Waals surface area contributed by atoms with Crippen molar-refractivity contribution < 1.29 is 17.6 Å². The molecule has 31 heavy (non-hydrogen) atoms. The molecule has 0 aliphatic rings. The Morgan fingerprint density at radius 2 is 1.84 bits per heavy atom. The second-order valence-electron chi connectivity index (χ2n) is 7.00. The fourth-order valence-electron chi connectivity index (χ4n) is 3.61. The van der Waals surface area contributed by atoms with Crippen molar-refractivity contribution in [1.29, 1.82) is 0 Å². The minimum atomic E-state index is -4.56. The van der Waals surface area contributed by atoms with Crippen LogP contribution >= 0.6 is 0 Å². The summed E-state index contributed by atoms with van der Waals surface area (Å²) in [6.45, 7) is 0. The molecular formula is C21H13F4N5O. The van der Waals surface area contributed by atoms with Crippen molar-refractivity contribution in [1.82, 2.24) is 24.5 Å². The van der Waals surface area contributed by atoms with Crippen molar-refractivity contribution in [3.63, 3.8) is 0 Å². The molecule has 6 nitrogen and oxygen atoms in total. The highest BCUT2D eigenvalue weighted by atomic mass is 19.4. The third-order valence-electron chi connectivity index (χ3n) is 5.08. The number of fused-ring (bicyclic) bond motifs is 3. The quantitative estimate of drug-likeness (QED) is 0.424. The highest BCUT2D eigenvalue weighted by Gasteiger charge is 2.31. The average molecular weight is 427 g/mol. The number of nitrogens with zero attached hydrogens (tertiary/aromatic N) is 4. The van der Waals surface area contributed by atoms with E-state index in [1.165, 1.54) is 41.2 Å². The Bertz CT molecular complexity index is 1530. The van der Waals surface area contributed by atoms with Crippen molar-refractivity contribution in [2.45, 2.75) is 6.18 Å². The van der Waals surface area contributed by atoms with Crippen LogP contribution in [0.15, 0.2) is 59.5 Å². The number of aromatic amines is 1. The lowest BCUT2D eigenvalue weighted by atomic mass is 10.0. The summed E-state index contributed by atoms with van der Waals surface area (Å²) in [6, 6.07) is 10.3. The average Bonchev–Trinajstić information content (AvgIpc) is 3.28. The van der Waals surface area contributed by atoms with Crippen molar-refractivity contribution >= 4 is 21.9 Å². The first kappa shape index (κ1) is 19.0. The zero-order valence-electron chi connectivity index (χ0n) is 15.9. The van der Waals surface area contributed by atoms with Crippen molar-refractivity contribution in [2.75, 3.05) is 0 Å². The monoisotopic (exact) mass is 427 g/mol. The lowest BCUT2D eigenvalue weighted by Gasteiger charge is -2.09. The summed E-state index contributed by atoms with van der Waals surface area (Å²) in [4.78, 5) is 17.7. The highest BCUT2D eigenvalue weighted by Crippen LogP contribution is 2.34. The summed E-state index contributed by atoms with van der Waals surface area (Å²) in [5.74, 6) is -0.632. The second-order valence-corrected chi connectivity index (χ2v) is 7.00. The van der Waals surface area contributed by atoms with E-state index in [0.717, 1.165) is 16.8 Å². The Labute approximate surface area is 171 Å². The second kappa shape index (κ2) is 6.53. The van der Waals surface area contributed by atoms with E-state index >= 15 is 0 Å². The number of H-pyrrole nitrogens is 1. The van der Waals surface area contributed by atoms with Gasteiger partial charge in [0.1, 0.15) is 11.5 Å². The fraction of sp³-hybridized carbons (Fsp3) is 0.0952. The van der Waals surface area contributed by atoms with Crippen LogP contribution in [-0.4, -0.2) is 24.5 Å². The predicted octanol–water partition coefficient (Wildman–Crippen LogP) is 4.43. The Hall–Kier alpha value is -3.95. The number of hydrogen-bond donors (Lipinski definition) is 1. The highest BCUT2D eigenvalue weighted by molar-refractivity contribution is 6.07. The minimum Gasteiger partial charge on any atom is -0.289 e. The summed E-state index contributed by atoms with van der Waals surface area (Å²) < 4.78 is 56.6. The van der Waals surface area contributed by atoms with Crippen LogP contribution in [0.4, 0.5) is 17.6 Å². The maximum Gasteiger partial charge on any atom is 0.416 e. The number of benzene rings is 2. The molecule has 0 aliphatic carbocycles. The summed E-state index contributed by atoms with van der Waals surface area (Å²) >= 11 is 0. The number of aryl methyl sites for hydroxylation is 1. The van der Waals surface area contributed by atoms with Crippen LogP contribution in [-0.2, 0) is 13.2 Å². The number of pyridine rings is 1. The van der Waals surface area contributed by atoms with Gasteiger partial charge < -0.3 is 0 Å². The molecule has 2 aromatic carbocycles. The zero-order valence-corrected chi connectivity index (χ0v) is 15.9. The van der Waals surface area contributed by atoms with E-state index in [4.69, 9.17) is 0 Å². The molecule has 0 saturated carbocycles. The first-order valence-electron chi connectivity index (χ1n) is 9.14. The number of nitrogens with one attached hydrogen (secondary N) is 1. The van der Waals surface area contributed by atoms with E-state index in [2.05, 4.69) is 15.2 Å². The van der Waals surface area contributed by atoms with Crippen LogP contribution in [0.3, 0.4) is 0 Å². The zero-order chi connectivity index (χ0) is 21.9. The number of rotatable bonds is 2. The number of halogens is 4. The number of aromatic nitrogens is 5. The molecule has 1 N–H and O–H groups in total. The van der Waals surface area contributed by atoms with E-state index in [-0.39, 0.29) is 22.3 Å². The van der Waals surface area contributed by atoms with Crippen LogP contribution in [0.2, 0.25) is 0 Å². The summed E-state index contributed by atoms with van der Waals surface area (Å²) in [7, 11) is 1.63. The third kappa shape index (κ3) is 2.90. The molecule has 0 amide bonds. The maximum atomic E-state index is 14.4. The van der Waals surface area contributed by atoms with Gasteiger partial charge in [-0.15, -0.1) is 0 Å². The molecule has 0 unspecified atom stereocenters. The Morgan fingerprint density at radius 3 is 2.58 bits per heavy atom. The number of alkyl halides is 3. The largest absolute Gasteiger partial charge is 0.416 e. The van der Waals surface area contributed by atoms with E-state index in [1.54, 1.807) is 13.1 Å². The van der Waals surface area contributed by atoms with Gasteiger partial charge in [0.05, 0.1) is 33.7 Å². The molecule has 156 valence electrons. The van der Waals surface area contributed by atoms with E-state index in [1.807, 2.05) is 0 Å². The molecule has 10 heteroatoms. The van der Waals surface area contributed by atoms with Gasteiger partial charge in [0.25, 0.3) is 5.56 Å². The standard InChI is InChI=1S/C21H13F4N5O/c1-29-19-13(10-26-29)18-16(20(31)30(28-18)15-8-3-2-7-14(15)22)17(27-19)11-5-4-6-12(9-11)21(23,24)25/h2-10,28H,1H3. The first-order valence-corrected chi connectivity index (χ1v) is 9.14. The van der Waals surface area contributed by atoms with Gasteiger partial charge in [0.15, 0.2) is 5.65 Å². The molecule has 0 atom stereocenters. The molecule has 0 radical (unpaired) electrons. The van der Waals surface area contributed by atoms with Gasteiger partial charge in [-0.1, -0.05) is 24.3 Å². The Kier molecular flexibility index (Phi) is 4.01. The van der Waals surface area contributed by atoms with Gasteiger partial charge in [0, 0.05) is 12.6 Å². The molecule has 5 rings (SSSR count). The first-order chi connectivity index (χ1) is 14.8. The molecule has 3 heterocycles. The van der Waals surface area contributed by atoms with Crippen LogP contribution < -0.4 is 5.56 Å². The molecule has 3 aromatic heterocycles. The van der Waals surface area contributed by atoms with Gasteiger partial charge in [0.2, 0.25) is 0 Å². The normalized spacial score (nSPS) is 12.2. The van der Waals surface area contributed by atoms with Gasteiger partial charge >= 0.3 is 6.18 Å². The summed E-state index contributed by atoms with van der Waals surface area (Å²) in [5, 5.41) is 7.55. The lowest BCUT2D eigenvalue weighted by molar-refractivity contribution is -0.137. The van der Waals surface area contributed by atoms with Gasteiger partial charge in [-0.05, 0) is 24.3 Å². The predicted molar refractivity (Wildman–Crippen MR) is 106 cm³/mol. The topological polar surface area (TPSA) is 68.5 Å². The van der Waals surface area contributed by atoms with Gasteiger partial charge in [-0.3, -0.25) is 14.6 Å². The minimum absolute atomic E-state index is 0.0178. The molecule has 0 fully saturated rings. The van der Waals surface area contributed by atoms with E-state index < -0.39 is 23.1 Å². The van der Waals surface area contributed by atoms with Crippen LogP contribution in [0.25, 0.3) is 38.9 Å². The van der Waals surface area contributed by atoms with E-state index in [9.17, 15) is 22.4 Å².